The molecule has 2 fully saturated rings. The molecule has 0 spiro atoms. The lowest BCUT2D eigenvalue weighted by Gasteiger charge is -2.37. The summed E-state index contributed by atoms with van der Waals surface area (Å²) in [4.78, 5) is 29.4. The summed E-state index contributed by atoms with van der Waals surface area (Å²) in [5.74, 6) is -3.97. The van der Waals surface area contributed by atoms with Crippen LogP contribution in [0.1, 0.15) is 65.7 Å². The fourth-order valence-electron chi connectivity index (χ4n) is 7.00. The monoisotopic (exact) mass is 732 g/mol. The average molecular weight is 733 g/mol. The predicted molar refractivity (Wildman–Crippen MR) is 182 cm³/mol. The van der Waals surface area contributed by atoms with Crippen LogP contribution < -0.4 is 4.74 Å². The molecule has 2 aliphatic rings. The molecule has 5 atom stereocenters. The smallest absolute Gasteiger partial charge is 0.340 e. The van der Waals surface area contributed by atoms with E-state index in [0.717, 1.165) is 32.1 Å². The van der Waals surface area contributed by atoms with Gasteiger partial charge in [0.15, 0.2) is 6.10 Å². The second kappa shape index (κ2) is 15.0. The van der Waals surface area contributed by atoms with Crippen molar-refractivity contribution in [1.29, 1.82) is 0 Å². The highest BCUT2D eigenvalue weighted by Gasteiger charge is 2.48. The second-order valence-electron chi connectivity index (χ2n) is 13.2. The van der Waals surface area contributed by atoms with Crippen molar-refractivity contribution in [2.24, 2.45) is 0 Å². The van der Waals surface area contributed by atoms with Gasteiger partial charge < -0.3 is 39.2 Å². The van der Waals surface area contributed by atoms with Crippen LogP contribution in [-0.2, 0) is 14.3 Å². The minimum Gasteiger partial charge on any atom is -0.481 e. The topological polar surface area (TPSA) is 161 Å². The van der Waals surface area contributed by atoms with Crippen molar-refractivity contribution in [2.45, 2.75) is 75.0 Å². The molecule has 276 valence electrons. The first-order valence-corrected chi connectivity index (χ1v) is 17.1. The molecule has 1 aromatic heterocycles. The van der Waals surface area contributed by atoms with Gasteiger partial charge in [-0.25, -0.2) is 27.7 Å². The number of carbonyl (C=O) groups excluding carboxylic acids is 1. The highest BCUT2D eigenvalue weighted by atomic mass is 19.1. The quantitative estimate of drug-likeness (QED) is 0.136. The first-order valence-electron chi connectivity index (χ1n) is 17.1. The number of benzene rings is 4. The molecule has 0 unspecified atom stereocenters. The Kier molecular flexibility index (Phi) is 10.2. The van der Waals surface area contributed by atoms with E-state index in [2.05, 4.69) is 0 Å². The number of esters is 1. The van der Waals surface area contributed by atoms with Crippen molar-refractivity contribution in [1.82, 2.24) is 9.55 Å². The molecule has 14 heteroatoms. The summed E-state index contributed by atoms with van der Waals surface area (Å²) in [5.41, 5.74) is 1.81. The predicted octanol–water partition coefficient (Wildman–Crippen LogP) is 5.84. The Morgan fingerprint density at radius 1 is 0.811 bits per heavy atom. The number of ether oxygens (including phenoxy) is 3. The van der Waals surface area contributed by atoms with Crippen LogP contribution in [-0.4, -0.2) is 72.6 Å². The SMILES string of the molecule is O=C(O[C@@H]1O[C@H](C(=O)O)[C@@H](O)[C@H](O)[C@H]1O)c1ccc2c(c1)nc(-c1ccc(OC(c3cccc(F)c3)c3cccc(F)c3)cc1F)n2C1CCCCC1. The van der Waals surface area contributed by atoms with Crippen LogP contribution in [0.15, 0.2) is 84.9 Å². The number of hydrogen-bond donors (Lipinski definition) is 4. The Balaban J connectivity index is 1.21. The van der Waals surface area contributed by atoms with Crippen LogP contribution in [0.4, 0.5) is 13.2 Å². The van der Waals surface area contributed by atoms with Gasteiger partial charge in [0, 0.05) is 12.1 Å². The van der Waals surface area contributed by atoms with Crippen molar-refractivity contribution in [3.05, 3.63) is 119 Å². The molecule has 1 saturated carbocycles. The number of hydrogen-bond acceptors (Lipinski definition) is 9. The third-order valence-corrected chi connectivity index (χ3v) is 9.64. The van der Waals surface area contributed by atoms with Gasteiger partial charge in [-0.05, 0) is 78.6 Å². The van der Waals surface area contributed by atoms with E-state index >= 15 is 4.39 Å². The maximum Gasteiger partial charge on any atom is 0.340 e. The van der Waals surface area contributed by atoms with Gasteiger partial charge in [0.05, 0.1) is 22.2 Å². The van der Waals surface area contributed by atoms with Crippen LogP contribution in [0.2, 0.25) is 0 Å². The van der Waals surface area contributed by atoms with Crippen molar-refractivity contribution in [3.63, 3.8) is 0 Å². The lowest BCUT2D eigenvalue weighted by Crippen LogP contribution is -2.60. The van der Waals surface area contributed by atoms with Crippen LogP contribution in [0.5, 0.6) is 5.75 Å². The van der Waals surface area contributed by atoms with Crippen LogP contribution in [0, 0.1) is 17.5 Å². The van der Waals surface area contributed by atoms with Gasteiger partial charge in [0.25, 0.3) is 0 Å². The van der Waals surface area contributed by atoms with Gasteiger partial charge in [-0.3, -0.25) is 0 Å². The molecule has 11 nitrogen and oxygen atoms in total. The van der Waals surface area contributed by atoms with Gasteiger partial charge in [-0.1, -0.05) is 43.5 Å². The minimum absolute atomic E-state index is 0.0335. The zero-order valence-corrected chi connectivity index (χ0v) is 28.0. The maximum atomic E-state index is 16.2. The van der Waals surface area contributed by atoms with E-state index in [1.54, 1.807) is 24.3 Å². The van der Waals surface area contributed by atoms with Crippen LogP contribution in [0.3, 0.4) is 0 Å². The molecule has 53 heavy (non-hydrogen) atoms. The van der Waals surface area contributed by atoms with E-state index in [1.807, 2.05) is 4.57 Å². The van der Waals surface area contributed by atoms with Crippen molar-refractivity contribution < 1.29 is 57.4 Å². The molecule has 1 aliphatic carbocycles. The summed E-state index contributed by atoms with van der Waals surface area (Å²) >= 11 is 0. The van der Waals surface area contributed by atoms with Crippen LogP contribution >= 0.6 is 0 Å². The number of aromatic nitrogens is 2. The molecule has 4 aromatic carbocycles. The number of aliphatic hydroxyl groups excluding tert-OH is 3. The van der Waals surface area contributed by atoms with E-state index in [-0.39, 0.29) is 22.9 Å². The number of rotatable bonds is 9. The maximum absolute atomic E-state index is 16.2. The van der Waals surface area contributed by atoms with Gasteiger partial charge >= 0.3 is 11.9 Å². The summed E-state index contributed by atoms with van der Waals surface area (Å²) in [5, 5.41) is 39.7. The zero-order chi connectivity index (χ0) is 37.4. The molecule has 0 radical (unpaired) electrons. The largest absolute Gasteiger partial charge is 0.481 e. The summed E-state index contributed by atoms with van der Waals surface area (Å²) in [7, 11) is 0. The third-order valence-electron chi connectivity index (χ3n) is 9.64. The summed E-state index contributed by atoms with van der Waals surface area (Å²) in [6.45, 7) is 0. The highest BCUT2D eigenvalue weighted by molar-refractivity contribution is 5.94. The molecular formula is C39H35F3N2O9. The number of carbonyl (C=O) groups is 2. The third kappa shape index (κ3) is 7.35. The second-order valence-corrected chi connectivity index (χ2v) is 13.2. The van der Waals surface area contributed by atoms with E-state index in [9.17, 15) is 38.8 Å². The molecular weight excluding hydrogens is 697 g/mol. The fourth-order valence-corrected chi connectivity index (χ4v) is 7.00. The molecule has 2 heterocycles. The number of carboxylic acids is 1. The van der Waals surface area contributed by atoms with Crippen molar-refractivity contribution in [3.8, 4) is 17.1 Å². The Morgan fingerprint density at radius 3 is 2.11 bits per heavy atom. The standard InChI is InChI=1S/C39H35F3N2O9/c40-23-8-4-6-20(16-23)34(21-7-5-9-24(41)17-21)51-26-13-14-27(28(42)19-26)36-43-29-18-22(12-15-30(29)44(36)25-10-2-1-3-11-25)38(50)53-39-33(47)31(45)32(46)35(52-39)37(48)49/h4-9,12-19,25,31-35,39,45-47H,1-3,10-11H2,(H,48,49)/t31-,32-,33+,35-,39-/m0/s1. The van der Waals surface area contributed by atoms with Crippen molar-refractivity contribution >= 4 is 23.0 Å². The number of nitrogens with zero attached hydrogens (tertiary/aromatic N) is 2. The van der Waals surface area contributed by atoms with E-state index < -0.39 is 66.2 Å². The Morgan fingerprint density at radius 2 is 1.49 bits per heavy atom. The molecule has 0 amide bonds. The Hall–Kier alpha value is -5.28. The van der Waals surface area contributed by atoms with E-state index in [1.165, 1.54) is 60.7 Å². The van der Waals surface area contributed by atoms with Crippen LogP contribution in [0.25, 0.3) is 22.4 Å². The van der Waals surface area contributed by atoms with Gasteiger partial charge in [0.1, 0.15) is 53.4 Å². The number of imidazole rings is 1. The molecule has 1 aliphatic heterocycles. The molecule has 0 bridgehead atoms. The highest BCUT2D eigenvalue weighted by Crippen LogP contribution is 2.39. The van der Waals surface area contributed by atoms with E-state index in [4.69, 9.17) is 19.2 Å². The molecule has 5 aromatic rings. The first kappa shape index (κ1) is 36.1. The normalized spacial score (nSPS) is 22.2. The number of fused-ring (bicyclic) bond motifs is 1. The lowest BCUT2D eigenvalue weighted by molar-refractivity contribution is -0.278. The number of aliphatic hydroxyl groups is 3. The van der Waals surface area contributed by atoms with Crippen molar-refractivity contribution in [2.75, 3.05) is 0 Å². The average Bonchev–Trinajstić information content (AvgIpc) is 3.52. The number of aliphatic carboxylic acids is 1. The van der Waals surface area contributed by atoms with E-state index in [0.29, 0.717) is 28.0 Å². The fraction of sp³-hybridized carbons (Fsp3) is 0.308. The van der Waals surface area contributed by atoms with Gasteiger partial charge in [0.2, 0.25) is 6.29 Å². The first-order chi connectivity index (χ1) is 25.5. The summed E-state index contributed by atoms with van der Waals surface area (Å²) in [6.07, 6.45) is -6.09. The number of carboxylic acid groups (broad SMARTS) is 1. The Labute approximate surface area is 300 Å². The molecule has 7 rings (SSSR count). The lowest BCUT2D eigenvalue weighted by atomic mass is 9.94. The molecule has 4 N–H and O–H groups in total. The van der Waals surface area contributed by atoms with Gasteiger partial charge in [-0.2, -0.15) is 0 Å². The summed E-state index contributed by atoms with van der Waals surface area (Å²) in [6, 6.07) is 20.0. The summed E-state index contributed by atoms with van der Waals surface area (Å²) < 4.78 is 63.1. The molecule has 1 saturated heterocycles. The Bertz CT molecular complexity index is 2110. The van der Waals surface area contributed by atoms with Gasteiger partial charge in [-0.15, -0.1) is 0 Å². The number of halogens is 3. The zero-order valence-electron chi connectivity index (χ0n) is 28.0. The minimum atomic E-state index is -1.96.